The Morgan fingerprint density at radius 3 is 2.28 bits per heavy atom. The second-order valence-electron chi connectivity index (χ2n) is 3.78. The topological polar surface area (TPSA) is 78.5 Å². The maximum absolute atomic E-state index is 12.6. The van der Waals surface area contributed by atoms with E-state index in [1.165, 1.54) is 12.1 Å². The molecule has 0 fully saturated rings. The molecule has 0 aromatic heterocycles. The Hall–Kier alpha value is -1.31. The van der Waals surface area contributed by atoms with Crippen molar-refractivity contribution in [1.29, 1.82) is 0 Å². The Morgan fingerprint density at radius 1 is 1.22 bits per heavy atom. The first kappa shape index (κ1) is 14.7. The number of hydrogen-bond acceptors (Lipinski definition) is 4. The summed E-state index contributed by atoms with van der Waals surface area (Å²) >= 11 is 0. The molecule has 18 heavy (non-hydrogen) atoms. The molecule has 0 radical (unpaired) electrons. The summed E-state index contributed by atoms with van der Waals surface area (Å²) in [6.07, 6.45) is -4.44. The molecule has 7 heteroatoms. The van der Waals surface area contributed by atoms with Gasteiger partial charge in [-0.1, -0.05) is 0 Å². The van der Waals surface area contributed by atoms with Gasteiger partial charge in [-0.05, 0) is 23.8 Å². The molecule has 1 aromatic carbocycles. The van der Waals surface area contributed by atoms with Crippen LogP contribution in [0.4, 0.5) is 18.9 Å². The van der Waals surface area contributed by atoms with Gasteiger partial charge in [0.25, 0.3) is 0 Å². The summed E-state index contributed by atoms with van der Waals surface area (Å²) in [5.41, 5.74) is 4.84. The Morgan fingerprint density at radius 2 is 1.83 bits per heavy atom. The average Bonchev–Trinajstić information content (AvgIpc) is 2.34. The van der Waals surface area contributed by atoms with E-state index < -0.39 is 17.8 Å². The molecule has 5 N–H and O–H groups in total. The highest BCUT2D eigenvalue weighted by Gasteiger charge is 2.32. The number of benzene rings is 1. The molecule has 1 aromatic rings. The fraction of sp³-hybridized carbons (Fsp3) is 0.455. The first-order chi connectivity index (χ1) is 8.42. The summed E-state index contributed by atoms with van der Waals surface area (Å²) in [7, 11) is 0. The molecule has 0 heterocycles. The van der Waals surface area contributed by atoms with E-state index in [1.807, 2.05) is 0 Å². The molecule has 1 rings (SSSR count). The average molecular weight is 264 g/mol. The van der Waals surface area contributed by atoms with Crippen molar-refractivity contribution in [1.82, 2.24) is 0 Å². The van der Waals surface area contributed by atoms with Gasteiger partial charge in [-0.25, -0.2) is 0 Å². The summed E-state index contributed by atoms with van der Waals surface area (Å²) in [5.74, 6) is 0. The van der Waals surface area contributed by atoms with E-state index >= 15 is 0 Å². The quantitative estimate of drug-likeness (QED) is 0.638. The highest BCUT2D eigenvalue weighted by molar-refractivity contribution is 5.50. The van der Waals surface area contributed by atoms with E-state index in [-0.39, 0.29) is 25.3 Å². The minimum Gasteiger partial charge on any atom is -0.394 e. The van der Waals surface area contributed by atoms with E-state index in [2.05, 4.69) is 5.32 Å². The Kier molecular flexibility index (Phi) is 4.94. The van der Waals surface area contributed by atoms with Gasteiger partial charge in [0.05, 0.1) is 24.8 Å². The fourth-order valence-corrected chi connectivity index (χ4v) is 1.51. The second-order valence-corrected chi connectivity index (χ2v) is 3.78. The van der Waals surface area contributed by atoms with Gasteiger partial charge in [0, 0.05) is 12.2 Å². The number of alkyl halides is 3. The van der Waals surface area contributed by atoms with E-state index in [0.717, 1.165) is 6.07 Å². The van der Waals surface area contributed by atoms with Crippen LogP contribution in [0.1, 0.15) is 11.1 Å². The maximum Gasteiger partial charge on any atom is 0.416 e. The highest BCUT2D eigenvalue weighted by Crippen LogP contribution is 2.33. The van der Waals surface area contributed by atoms with Gasteiger partial charge in [0.2, 0.25) is 0 Å². The highest BCUT2D eigenvalue weighted by atomic mass is 19.4. The Balaban J connectivity index is 2.99. The monoisotopic (exact) mass is 264 g/mol. The number of nitrogens with two attached hydrogens (primary N) is 1. The molecular formula is C11H15F3N2O2. The predicted octanol–water partition coefficient (Wildman–Crippen LogP) is 0.929. The van der Waals surface area contributed by atoms with Gasteiger partial charge in [-0.2, -0.15) is 13.2 Å². The molecular weight excluding hydrogens is 249 g/mol. The number of anilines is 1. The number of nitrogens with one attached hydrogen (secondary N) is 1. The fourth-order valence-electron chi connectivity index (χ4n) is 1.51. The second kappa shape index (κ2) is 6.03. The smallest absolute Gasteiger partial charge is 0.394 e. The molecule has 0 aliphatic carbocycles. The summed E-state index contributed by atoms with van der Waals surface area (Å²) in [4.78, 5) is 0. The van der Waals surface area contributed by atoms with Gasteiger partial charge in [0.1, 0.15) is 0 Å². The molecule has 0 atom stereocenters. The first-order valence-electron chi connectivity index (χ1n) is 5.30. The van der Waals surface area contributed by atoms with E-state index in [1.54, 1.807) is 0 Å². The van der Waals surface area contributed by atoms with Crippen molar-refractivity contribution in [3.05, 3.63) is 29.3 Å². The number of rotatable bonds is 5. The van der Waals surface area contributed by atoms with Crippen LogP contribution in [0.15, 0.2) is 18.2 Å². The van der Waals surface area contributed by atoms with E-state index in [4.69, 9.17) is 15.9 Å². The van der Waals surface area contributed by atoms with Crippen molar-refractivity contribution in [2.24, 2.45) is 5.73 Å². The van der Waals surface area contributed by atoms with Crippen LogP contribution in [0.25, 0.3) is 0 Å². The summed E-state index contributed by atoms with van der Waals surface area (Å²) in [6, 6.07) is 2.81. The summed E-state index contributed by atoms with van der Waals surface area (Å²) in [5, 5.41) is 20.4. The van der Waals surface area contributed by atoms with Crippen LogP contribution >= 0.6 is 0 Å². The van der Waals surface area contributed by atoms with Crippen LogP contribution in [0.2, 0.25) is 0 Å². The molecule has 0 aliphatic heterocycles. The van der Waals surface area contributed by atoms with Crippen molar-refractivity contribution >= 4 is 5.69 Å². The molecule has 0 bridgehead atoms. The molecule has 0 amide bonds. The van der Waals surface area contributed by atoms with E-state index in [0.29, 0.717) is 5.69 Å². The lowest BCUT2D eigenvalue weighted by molar-refractivity contribution is -0.138. The number of aliphatic hydroxyl groups is 2. The zero-order valence-electron chi connectivity index (χ0n) is 9.54. The zero-order valence-corrected chi connectivity index (χ0v) is 9.54. The maximum atomic E-state index is 12.6. The SMILES string of the molecule is NCc1cc(NC(CO)CO)ccc1C(F)(F)F. The lowest BCUT2D eigenvalue weighted by Gasteiger charge is -2.17. The number of halogens is 3. The van der Waals surface area contributed by atoms with Crippen molar-refractivity contribution in [3.8, 4) is 0 Å². The molecule has 0 aliphatic rings. The van der Waals surface area contributed by atoms with Crippen molar-refractivity contribution in [2.45, 2.75) is 18.8 Å². The lowest BCUT2D eigenvalue weighted by Crippen LogP contribution is -2.27. The van der Waals surface area contributed by atoms with Gasteiger partial charge in [-0.15, -0.1) is 0 Å². The number of aliphatic hydroxyl groups excluding tert-OH is 2. The lowest BCUT2D eigenvalue weighted by atomic mass is 10.1. The van der Waals surface area contributed by atoms with Crippen LogP contribution < -0.4 is 11.1 Å². The van der Waals surface area contributed by atoms with Gasteiger partial charge < -0.3 is 21.3 Å². The van der Waals surface area contributed by atoms with Crippen LogP contribution in [-0.4, -0.2) is 29.5 Å². The van der Waals surface area contributed by atoms with Crippen LogP contribution in [-0.2, 0) is 12.7 Å². The third-order valence-corrected chi connectivity index (χ3v) is 2.44. The van der Waals surface area contributed by atoms with Crippen molar-refractivity contribution < 1.29 is 23.4 Å². The molecule has 0 unspecified atom stereocenters. The molecule has 0 saturated heterocycles. The molecule has 0 spiro atoms. The molecule has 102 valence electrons. The van der Waals surface area contributed by atoms with Gasteiger partial charge >= 0.3 is 6.18 Å². The largest absolute Gasteiger partial charge is 0.416 e. The van der Waals surface area contributed by atoms with Crippen molar-refractivity contribution in [3.63, 3.8) is 0 Å². The molecule has 0 saturated carbocycles. The third kappa shape index (κ3) is 3.59. The van der Waals surface area contributed by atoms with Gasteiger partial charge in [-0.3, -0.25) is 0 Å². The third-order valence-electron chi connectivity index (χ3n) is 2.44. The normalized spacial score (nSPS) is 11.9. The Labute approximate surface area is 102 Å². The van der Waals surface area contributed by atoms with E-state index in [9.17, 15) is 13.2 Å². The van der Waals surface area contributed by atoms with Crippen LogP contribution in [0, 0.1) is 0 Å². The van der Waals surface area contributed by atoms with Gasteiger partial charge in [0.15, 0.2) is 0 Å². The minimum absolute atomic E-state index is 0.0397. The predicted molar refractivity (Wildman–Crippen MR) is 60.9 cm³/mol. The first-order valence-corrected chi connectivity index (χ1v) is 5.30. The summed E-state index contributed by atoms with van der Waals surface area (Å²) in [6.45, 7) is -0.891. The standard InChI is InChI=1S/C11H15F3N2O2/c12-11(13,14)10-2-1-8(3-7(10)4-15)16-9(5-17)6-18/h1-3,9,16-18H,4-6,15H2. The van der Waals surface area contributed by atoms with Crippen LogP contribution in [0.5, 0.6) is 0 Å². The van der Waals surface area contributed by atoms with Crippen LogP contribution in [0.3, 0.4) is 0 Å². The molecule has 4 nitrogen and oxygen atoms in total. The van der Waals surface area contributed by atoms with Crippen molar-refractivity contribution in [2.75, 3.05) is 18.5 Å². The zero-order chi connectivity index (χ0) is 13.8. The summed E-state index contributed by atoms with van der Waals surface area (Å²) < 4.78 is 37.8. The minimum atomic E-state index is -4.44. The number of hydrogen-bond donors (Lipinski definition) is 4. The Bertz CT molecular complexity index is 392.